The number of nitrogens with one attached hydrogen (secondary N) is 1. The zero-order valence-electron chi connectivity index (χ0n) is 11.4. The summed E-state index contributed by atoms with van der Waals surface area (Å²) in [6, 6.07) is 0.308. The van der Waals surface area contributed by atoms with Crippen LogP contribution >= 0.6 is 23.4 Å². The molecule has 1 N–H and O–H groups in total. The van der Waals surface area contributed by atoms with Crippen LogP contribution in [0.1, 0.15) is 26.2 Å². The van der Waals surface area contributed by atoms with Gasteiger partial charge in [-0.05, 0) is 44.0 Å². The third-order valence-corrected chi connectivity index (χ3v) is 4.03. The summed E-state index contributed by atoms with van der Waals surface area (Å²) in [5.41, 5.74) is 0. The lowest BCUT2D eigenvalue weighted by Crippen LogP contribution is -2.31. The minimum absolute atomic E-state index is 0.259. The van der Waals surface area contributed by atoms with Gasteiger partial charge in [0.1, 0.15) is 0 Å². The number of anilines is 2. The molecule has 7 heteroatoms. The molecule has 19 heavy (non-hydrogen) atoms. The third kappa shape index (κ3) is 4.38. The summed E-state index contributed by atoms with van der Waals surface area (Å²) in [5, 5.41) is 3.53. The largest absolute Gasteiger partial charge is 0.351 e. The summed E-state index contributed by atoms with van der Waals surface area (Å²) in [5.74, 6) is 2.27. The Kier molecular flexibility index (Phi) is 5.51. The number of halogens is 1. The Morgan fingerprint density at radius 2 is 2.00 bits per heavy atom. The van der Waals surface area contributed by atoms with Crippen LogP contribution in [-0.2, 0) is 0 Å². The van der Waals surface area contributed by atoms with Crippen LogP contribution in [0.25, 0.3) is 0 Å². The van der Waals surface area contributed by atoms with Gasteiger partial charge in [0, 0.05) is 24.9 Å². The van der Waals surface area contributed by atoms with Crippen molar-refractivity contribution in [3.05, 3.63) is 5.28 Å². The van der Waals surface area contributed by atoms with Gasteiger partial charge in [0.25, 0.3) is 0 Å². The molecule has 2 heterocycles. The average molecular weight is 302 g/mol. The average Bonchev–Trinajstić information content (AvgIpc) is 2.39. The summed E-state index contributed by atoms with van der Waals surface area (Å²) >= 11 is 7.78. The van der Waals surface area contributed by atoms with Crippen molar-refractivity contribution in [1.82, 2.24) is 15.0 Å². The Morgan fingerprint density at radius 1 is 1.26 bits per heavy atom. The molecule has 0 spiro atoms. The lowest BCUT2D eigenvalue weighted by atomic mass is 10.1. The molecule has 0 aromatic carbocycles. The Morgan fingerprint density at radius 3 is 2.68 bits per heavy atom. The summed E-state index contributed by atoms with van der Waals surface area (Å²) in [6.45, 7) is 4.11. The van der Waals surface area contributed by atoms with Gasteiger partial charge in [-0.15, -0.1) is 0 Å². The monoisotopic (exact) mass is 301 g/mol. The van der Waals surface area contributed by atoms with Crippen LogP contribution in [0.2, 0.25) is 5.28 Å². The molecule has 1 aromatic rings. The van der Waals surface area contributed by atoms with Gasteiger partial charge in [-0.1, -0.05) is 0 Å². The van der Waals surface area contributed by atoms with Crippen molar-refractivity contribution >= 4 is 35.3 Å². The van der Waals surface area contributed by atoms with Crippen LogP contribution < -0.4 is 10.2 Å². The fourth-order valence-electron chi connectivity index (χ4n) is 2.15. The molecule has 0 bridgehead atoms. The highest BCUT2D eigenvalue weighted by atomic mass is 35.5. The van der Waals surface area contributed by atoms with Crippen LogP contribution in [0.3, 0.4) is 0 Å². The molecular formula is C12H20ClN5S. The first-order valence-corrected chi connectivity index (χ1v) is 8.38. The van der Waals surface area contributed by atoms with Crippen molar-refractivity contribution in [1.29, 1.82) is 0 Å². The first-order valence-electron chi connectivity index (χ1n) is 6.61. The van der Waals surface area contributed by atoms with E-state index in [1.165, 1.54) is 19.3 Å². The summed E-state index contributed by atoms with van der Waals surface area (Å²) in [7, 11) is 0. The van der Waals surface area contributed by atoms with Gasteiger partial charge in [0.15, 0.2) is 0 Å². The van der Waals surface area contributed by atoms with Crippen molar-refractivity contribution in [3.63, 3.8) is 0 Å². The van der Waals surface area contributed by atoms with E-state index in [0.717, 1.165) is 18.8 Å². The molecule has 1 unspecified atom stereocenters. The molecule has 0 amide bonds. The Bertz CT molecular complexity index is 411. The molecule has 0 aliphatic carbocycles. The minimum atomic E-state index is 0.259. The zero-order valence-corrected chi connectivity index (χ0v) is 13.0. The van der Waals surface area contributed by atoms with Gasteiger partial charge in [-0.3, -0.25) is 0 Å². The lowest BCUT2D eigenvalue weighted by molar-refractivity contribution is 0.567. The maximum Gasteiger partial charge on any atom is 0.231 e. The third-order valence-electron chi connectivity index (χ3n) is 3.03. The molecule has 1 aliphatic rings. The second kappa shape index (κ2) is 7.14. The van der Waals surface area contributed by atoms with E-state index in [1.54, 1.807) is 11.8 Å². The van der Waals surface area contributed by atoms with Gasteiger partial charge in [-0.25, -0.2) is 0 Å². The fourth-order valence-corrected chi connectivity index (χ4v) is 2.89. The molecule has 0 saturated carbocycles. The van der Waals surface area contributed by atoms with E-state index in [0.29, 0.717) is 17.9 Å². The summed E-state index contributed by atoms with van der Waals surface area (Å²) in [6.07, 6.45) is 5.74. The molecule has 0 radical (unpaired) electrons. The molecule has 1 saturated heterocycles. The summed E-state index contributed by atoms with van der Waals surface area (Å²) < 4.78 is 0. The van der Waals surface area contributed by atoms with E-state index in [-0.39, 0.29) is 5.28 Å². The van der Waals surface area contributed by atoms with Crippen LogP contribution in [0, 0.1) is 0 Å². The van der Waals surface area contributed by atoms with Crippen molar-refractivity contribution in [2.24, 2.45) is 0 Å². The topological polar surface area (TPSA) is 53.9 Å². The number of piperidine rings is 1. The van der Waals surface area contributed by atoms with Gasteiger partial charge >= 0.3 is 0 Å². The molecule has 1 atom stereocenters. The Balaban J connectivity index is 2.09. The Labute approximate surface area is 123 Å². The Hall–Kier alpha value is -0.750. The quantitative estimate of drug-likeness (QED) is 0.902. The maximum atomic E-state index is 6.00. The molecule has 1 aliphatic heterocycles. The SMILES string of the molecule is CSCC(C)Nc1nc(Cl)nc(N2CCCCC2)n1. The van der Waals surface area contributed by atoms with E-state index in [4.69, 9.17) is 11.6 Å². The second-order valence-corrected chi connectivity index (χ2v) is 6.03. The van der Waals surface area contributed by atoms with E-state index in [1.807, 2.05) is 0 Å². The number of hydrogen-bond acceptors (Lipinski definition) is 6. The van der Waals surface area contributed by atoms with Crippen LogP contribution in [0.5, 0.6) is 0 Å². The number of aromatic nitrogens is 3. The van der Waals surface area contributed by atoms with Gasteiger partial charge in [0.05, 0.1) is 0 Å². The van der Waals surface area contributed by atoms with Crippen LogP contribution in [0.15, 0.2) is 0 Å². The van der Waals surface area contributed by atoms with E-state index in [2.05, 4.69) is 38.3 Å². The molecule has 5 nitrogen and oxygen atoms in total. The molecule has 106 valence electrons. The standard InChI is InChI=1S/C12H20ClN5S/c1-9(8-19-2)14-11-15-10(13)16-12(17-11)18-6-4-3-5-7-18/h9H,3-8H2,1-2H3,(H,14,15,16,17). The molecule has 1 fully saturated rings. The minimum Gasteiger partial charge on any atom is -0.351 e. The predicted molar refractivity (Wildman–Crippen MR) is 82.4 cm³/mol. The van der Waals surface area contributed by atoms with Gasteiger partial charge in [0.2, 0.25) is 17.2 Å². The van der Waals surface area contributed by atoms with E-state index < -0.39 is 0 Å². The molecule has 2 rings (SSSR count). The highest BCUT2D eigenvalue weighted by Crippen LogP contribution is 2.18. The number of thioether (sulfide) groups is 1. The predicted octanol–water partition coefficient (Wildman–Crippen LogP) is 2.68. The lowest BCUT2D eigenvalue weighted by Gasteiger charge is -2.26. The fraction of sp³-hybridized carbons (Fsp3) is 0.750. The van der Waals surface area contributed by atoms with Gasteiger partial charge in [-0.2, -0.15) is 26.7 Å². The zero-order chi connectivity index (χ0) is 13.7. The smallest absolute Gasteiger partial charge is 0.231 e. The number of nitrogens with zero attached hydrogens (tertiary/aromatic N) is 4. The van der Waals surface area contributed by atoms with Crippen molar-refractivity contribution in [2.45, 2.75) is 32.2 Å². The van der Waals surface area contributed by atoms with Crippen LogP contribution in [0.4, 0.5) is 11.9 Å². The van der Waals surface area contributed by atoms with Crippen molar-refractivity contribution in [2.75, 3.05) is 35.3 Å². The molecular weight excluding hydrogens is 282 g/mol. The van der Waals surface area contributed by atoms with Crippen molar-refractivity contribution in [3.8, 4) is 0 Å². The maximum absolute atomic E-state index is 6.00. The normalized spacial score (nSPS) is 17.3. The first kappa shape index (κ1) is 14.7. The second-order valence-electron chi connectivity index (χ2n) is 4.78. The highest BCUT2D eigenvalue weighted by Gasteiger charge is 2.16. The van der Waals surface area contributed by atoms with E-state index in [9.17, 15) is 0 Å². The number of rotatable bonds is 5. The van der Waals surface area contributed by atoms with Gasteiger partial charge < -0.3 is 10.2 Å². The highest BCUT2D eigenvalue weighted by molar-refractivity contribution is 7.98. The van der Waals surface area contributed by atoms with Crippen molar-refractivity contribution < 1.29 is 0 Å². The van der Waals surface area contributed by atoms with Crippen LogP contribution in [-0.4, -0.2) is 46.1 Å². The first-order chi connectivity index (χ1) is 9.19. The van der Waals surface area contributed by atoms with E-state index >= 15 is 0 Å². The summed E-state index contributed by atoms with van der Waals surface area (Å²) in [4.78, 5) is 15.0. The number of hydrogen-bond donors (Lipinski definition) is 1. The molecule has 1 aromatic heterocycles.